The van der Waals surface area contributed by atoms with Crippen molar-refractivity contribution in [3.8, 4) is 0 Å². The summed E-state index contributed by atoms with van der Waals surface area (Å²) in [6, 6.07) is 8.75. The Balaban J connectivity index is 1.62. The van der Waals surface area contributed by atoms with Gasteiger partial charge in [0, 0.05) is 25.0 Å². The fourth-order valence-electron chi connectivity index (χ4n) is 2.67. The molecule has 1 aromatic carbocycles. The Bertz CT molecular complexity index is 591. The number of benzene rings is 1. The van der Waals surface area contributed by atoms with Crippen molar-refractivity contribution in [3.05, 3.63) is 46.5 Å². The Kier molecular flexibility index (Phi) is 4.56. The zero-order valence-corrected chi connectivity index (χ0v) is 13.6. The SMILES string of the molecule is CC(C)CNCc1csc(N2CCc3ccccc3C2)n1. The van der Waals surface area contributed by atoms with E-state index in [0.717, 1.165) is 43.4 Å². The maximum Gasteiger partial charge on any atom is 0.185 e. The van der Waals surface area contributed by atoms with E-state index in [1.54, 1.807) is 11.3 Å². The molecule has 3 nitrogen and oxygen atoms in total. The zero-order chi connectivity index (χ0) is 14.7. The topological polar surface area (TPSA) is 28.2 Å². The molecule has 0 amide bonds. The van der Waals surface area contributed by atoms with Crippen LogP contribution in [0.1, 0.15) is 30.7 Å². The third-order valence-corrected chi connectivity index (χ3v) is 4.75. The van der Waals surface area contributed by atoms with Crippen LogP contribution in [0, 0.1) is 5.92 Å². The Hall–Kier alpha value is -1.39. The molecule has 21 heavy (non-hydrogen) atoms. The highest BCUT2D eigenvalue weighted by atomic mass is 32.1. The smallest absolute Gasteiger partial charge is 0.185 e. The summed E-state index contributed by atoms with van der Waals surface area (Å²) in [4.78, 5) is 7.19. The van der Waals surface area contributed by atoms with E-state index in [1.807, 2.05) is 0 Å². The van der Waals surface area contributed by atoms with E-state index >= 15 is 0 Å². The van der Waals surface area contributed by atoms with Crippen molar-refractivity contribution < 1.29 is 0 Å². The summed E-state index contributed by atoms with van der Waals surface area (Å²) in [5.74, 6) is 0.682. The summed E-state index contributed by atoms with van der Waals surface area (Å²) < 4.78 is 0. The third-order valence-electron chi connectivity index (χ3n) is 3.80. The van der Waals surface area contributed by atoms with E-state index in [-0.39, 0.29) is 0 Å². The molecule has 0 spiro atoms. The number of nitrogens with zero attached hydrogens (tertiary/aromatic N) is 2. The number of anilines is 1. The van der Waals surface area contributed by atoms with E-state index in [2.05, 4.69) is 53.7 Å². The largest absolute Gasteiger partial charge is 0.343 e. The predicted molar refractivity (Wildman–Crippen MR) is 89.9 cm³/mol. The Labute approximate surface area is 131 Å². The van der Waals surface area contributed by atoms with Gasteiger partial charge < -0.3 is 10.2 Å². The summed E-state index contributed by atoms with van der Waals surface area (Å²) in [6.07, 6.45) is 1.12. The Morgan fingerprint density at radius 1 is 1.29 bits per heavy atom. The van der Waals surface area contributed by atoms with Gasteiger partial charge in [-0.2, -0.15) is 0 Å². The van der Waals surface area contributed by atoms with Crippen LogP contribution in [-0.4, -0.2) is 18.1 Å². The molecule has 4 heteroatoms. The summed E-state index contributed by atoms with van der Waals surface area (Å²) in [5.41, 5.74) is 4.09. The van der Waals surface area contributed by atoms with Crippen LogP contribution in [-0.2, 0) is 19.5 Å². The molecule has 0 aliphatic carbocycles. The van der Waals surface area contributed by atoms with Gasteiger partial charge in [0.25, 0.3) is 0 Å². The summed E-state index contributed by atoms with van der Waals surface area (Å²) in [6.45, 7) is 8.43. The number of hydrogen-bond donors (Lipinski definition) is 1. The molecule has 0 bridgehead atoms. The highest BCUT2D eigenvalue weighted by Crippen LogP contribution is 2.27. The van der Waals surface area contributed by atoms with Gasteiger partial charge in [-0.25, -0.2) is 4.98 Å². The second-order valence-electron chi connectivity index (χ2n) is 6.09. The molecule has 1 aromatic heterocycles. The van der Waals surface area contributed by atoms with Crippen molar-refractivity contribution in [1.29, 1.82) is 0 Å². The first kappa shape index (κ1) is 14.5. The van der Waals surface area contributed by atoms with Gasteiger partial charge in [0.15, 0.2) is 5.13 Å². The van der Waals surface area contributed by atoms with Crippen LogP contribution >= 0.6 is 11.3 Å². The summed E-state index contributed by atoms with van der Waals surface area (Å²) in [5, 5.41) is 6.80. The fraction of sp³-hybridized carbons (Fsp3) is 0.471. The van der Waals surface area contributed by atoms with Gasteiger partial charge >= 0.3 is 0 Å². The monoisotopic (exact) mass is 301 g/mol. The zero-order valence-electron chi connectivity index (χ0n) is 12.8. The highest BCUT2D eigenvalue weighted by molar-refractivity contribution is 7.13. The van der Waals surface area contributed by atoms with Gasteiger partial charge in [-0.05, 0) is 30.0 Å². The molecule has 0 unspecified atom stereocenters. The summed E-state index contributed by atoms with van der Waals surface area (Å²) in [7, 11) is 0. The van der Waals surface area contributed by atoms with Crippen LogP contribution in [0.15, 0.2) is 29.6 Å². The van der Waals surface area contributed by atoms with Crippen molar-refractivity contribution in [2.45, 2.75) is 33.4 Å². The molecule has 0 atom stereocenters. The molecule has 1 N–H and O–H groups in total. The molecule has 2 aromatic rings. The first-order valence-corrected chi connectivity index (χ1v) is 8.57. The number of nitrogens with one attached hydrogen (secondary N) is 1. The van der Waals surface area contributed by atoms with Crippen LogP contribution in [0.2, 0.25) is 0 Å². The maximum absolute atomic E-state index is 4.79. The Morgan fingerprint density at radius 2 is 2.10 bits per heavy atom. The average Bonchev–Trinajstić information content (AvgIpc) is 2.95. The molecule has 1 aliphatic rings. The van der Waals surface area contributed by atoms with Crippen LogP contribution < -0.4 is 10.2 Å². The van der Waals surface area contributed by atoms with E-state index in [1.165, 1.54) is 11.1 Å². The number of fused-ring (bicyclic) bond motifs is 1. The predicted octanol–water partition coefficient (Wildman–Crippen LogP) is 3.45. The van der Waals surface area contributed by atoms with Crippen molar-refractivity contribution in [2.75, 3.05) is 18.0 Å². The van der Waals surface area contributed by atoms with E-state index in [0.29, 0.717) is 5.92 Å². The number of aromatic nitrogens is 1. The van der Waals surface area contributed by atoms with E-state index in [9.17, 15) is 0 Å². The minimum atomic E-state index is 0.682. The lowest BCUT2D eigenvalue weighted by molar-refractivity contribution is 0.549. The standard InChI is InChI=1S/C17H23N3S/c1-13(2)9-18-10-16-12-21-17(19-16)20-8-7-14-5-3-4-6-15(14)11-20/h3-6,12-13,18H,7-11H2,1-2H3. The van der Waals surface area contributed by atoms with Gasteiger partial charge in [-0.1, -0.05) is 38.1 Å². The molecule has 0 fully saturated rings. The number of rotatable bonds is 5. The average molecular weight is 301 g/mol. The normalized spacial score (nSPS) is 14.5. The minimum absolute atomic E-state index is 0.682. The van der Waals surface area contributed by atoms with Gasteiger partial charge in [-0.15, -0.1) is 11.3 Å². The maximum atomic E-state index is 4.79. The third kappa shape index (κ3) is 3.63. The first-order chi connectivity index (χ1) is 10.2. The molecular formula is C17H23N3S. The van der Waals surface area contributed by atoms with Gasteiger partial charge in [0.05, 0.1) is 5.69 Å². The lowest BCUT2D eigenvalue weighted by Crippen LogP contribution is -2.30. The lowest BCUT2D eigenvalue weighted by Gasteiger charge is -2.28. The van der Waals surface area contributed by atoms with Crippen LogP contribution in [0.25, 0.3) is 0 Å². The molecule has 0 saturated heterocycles. The second kappa shape index (κ2) is 6.58. The van der Waals surface area contributed by atoms with Gasteiger partial charge in [0.1, 0.15) is 0 Å². The number of hydrogen-bond acceptors (Lipinski definition) is 4. The molecule has 0 radical (unpaired) electrons. The first-order valence-electron chi connectivity index (χ1n) is 7.69. The van der Waals surface area contributed by atoms with Crippen molar-refractivity contribution in [3.63, 3.8) is 0 Å². The van der Waals surface area contributed by atoms with E-state index < -0.39 is 0 Å². The quantitative estimate of drug-likeness (QED) is 0.917. The highest BCUT2D eigenvalue weighted by Gasteiger charge is 2.18. The lowest BCUT2D eigenvalue weighted by atomic mass is 10.0. The van der Waals surface area contributed by atoms with Crippen molar-refractivity contribution >= 4 is 16.5 Å². The van der Waals surface area contributed by atoms with Crippen LogP contribution in [0.5, 0.6) is 0 Å². The fourth-order valence-corrected chi connectivity index (χ4v) is 3.52. The summed E-state index contributed by atoms with van der Waals surface area (Å²) >= 11 is 1.76. The minimum Gasteiger partial charge on any atom is -0.343 e. The molecule has 2 heterocycles. The molecular weight excluding hydrogens is 278 g/mol. The Morgan fingerprint density at radius 3 is 2.90 bits per heavy atom. The second-order valence-corrected chi connectivity index (χ2v) is 6.92. The van der Waals surface area contributed by atoms with Gasteiger partial charge in [-0.3, -0.25) is 0 Å². The van der Waals surface area contributed by atoms with Crippen molar-refractivity contribution in [2.24, 2.45) is 5.92 Å². The van der Waals surface area contributed by atoms with Crippen LogP contribution in [0.4, 0.5) is 5.13 Å². The molecule has 3 rings (SSSR count). The van der Waals surface area contributed by atoms with E-state index in [4.69, 9.17) is 4.98 Å². The van der Waals surface area contributed by atoms with Crippen LogP contribution in [0.3, 0.4) is 0 Å². The molecule has 112 valence electrons. The molecule has 1 aliphatic heterocycles. The van der Waals surface area contributed by atoms with Gasteiger partial charge in [0.2, 0.25) is 0 Å². The number of thiazole rings is 1. The molecule has 0 saturated carbocycles. The van der Waals surface area contributed by atoms with Crippen molar-refractivity contribution in [1.82, 2.24) is 10.3 Å².